The first-order valence-corrected chi connectivity index (χ1v) is 4.71. The Balaban J connectivity index is 2.39. The molecule has 1 aromatic heterocycles. The van der Waals surface area contributed by atoms with E-state index in [0.717, 1.165) is 30.6 Å². The molecule has 0 radical (unpaired) electrons. The molecule has 14 heavy (non-hydrogen) atoms. The van der Waals surface area contributed by atoms with Crippen molar-refractivity contribution >= 4 is 23.0 Å². The number of anilines is 1. The van der Waals surface area contributed by atoms with E-state index in [0.29, 0.717) is 0 Å². The maximum absolute atomic E-state index is 10.8. The van der Waals surface area contributed by atoms with Gasteiger partial charge in [-0.2, -0.15) is 0 Å². The number of carbonyl (C=O) groups excluding carboxylic acids is 1. The Morgan fingerprint density at radius 1 is 1.43 bits per heavy atom. The first kappa shape index (κ1) is 7.62. The maximum Gasteiger partial charge on any atom is 0.214 e. The van der Waals surface area contributed by atoms with Crippen molar-refractivity contribution in [1.29, 1.82) is 0 Å². The summed E-state index contributed by atoms with van der Waals surface area (Å²) in [5.74, 6) is 0. The monoisotopic (exact) mass is 186 g/mol. The molecule has 2 heterocycles. The van der Waals surface area contributed by atoms with Crippen LogP contribution in [-0.2, 0) is 11.2 Å². The van der Waals surface area contributed by atoms with Gasteiger partial charge in [-0.05, 0) is 24.1 Å². The van der Waals surface area contributed by atoms with Crippen LogP contribution in [0.5, 0.6) is 0 Å². The highest BCUT2D eigenvalue weighted by Gasteiger charge is 2.18. The smallest absolute Gasteiger partial charge is 0.214 e. The highest BCUT2D eigenvalue weighted by molar-refractivity contribution is 6.00. The Hall–Kier alpha value is -1.77. The second-order valence-electron chi connectivity index (χ2n) is 3.56. The lowest BCUT2D eigenvalue weighted by Gasteiger charge is -2.23. The van der Waals surface area contributed by atoms with Gasteiger partial charge in [-0.15, -0.1) is 0 Å². The van der Waals surface area contributed by atoms with Crippen LogP contribution in [0.15, 0.2) is 24.4 Å². The summed E-state index contributed by atoms with van der Waals surface area (Å²) in [7, 11) is 0. The topological polar surface area (TPSA) is 36.1 Å². The van der Waals surface area contributed by atoms with Gasteiger partial charge in [-0.25, -0.2) is 0 Å². The molecule has 1 aromatic carbocycles. The number of hydrogen-bond acceptors (Lipinski definition) is 1. The molecule has 3 heteroatoms. The third-order valence-corrected chi connectivity index (χ3v) is 2.82. The molecule has 0 bridgehead atoms. The molecule has 1 amide bonds. The van der Waals surface area contributed by atoms with Crippen LogP contribution >= 0.6 is 0 Å². The normalized spacial score (nSPS) is 14.7. The lowest BCUT2D eigenvalue weighted by Crippen LogP contribution is -2.26. The van der Waals surface area contributed by atoms with Crippen LogP contribution in [0.3, 0.4) is 0 Å². The molecule has 0 saturated carbocycles. The number of nitrogens with zero attached hydrogens (tertiary/aromatic N) is 1. The van der Waals surface area contributed by atoms with Gasteiger partial charge < -0.3 is 9.88 Å². The first-order chi connectivity index (χ1) is 6.90. The molecule has 3 rings (SSSR count). The Morgan fingerprint density at radius 2 is 2.36 bits per heavy atom. The molecular formula is C11H10N2O. The molecule has 0 aliphatic carbocycles. The Labute approximate surface area is 81.3 Å². The van der Waals surface area contributed by atoms with Crippen molar-refractivity contribution in [3.8, 4) is 0 Å². The second-order valence-corrected chi connectivity index (χ2v) is 3.56. The van der Waals surface area contributed by atoms with Crippen molar-refractivity contribution in [3.63, 3.8) is 0 Å². The number of amides is 1. The van der Waals surface area contributed by atoms with Crippen molar-refractivity contribution in [2.24, 2.45) is 0 Å². The van der Waals surface area contributed by atoms with E-state index in [-0.39, 0.29) is 0 Å². The van der Waals surface area contributed by atoms with Crippen LogP contribution < -0.4 is 4.90 Å². The van der Waals surface area contributed by atoms with E-state index < -0.39 is 0 Å². The van der Waals surface area contributed by atoms with Gasteiger partial charge in [-0.3, -0.25) is 4.79 Å². The minimum absolute atomic E-state index is 0.785. The summed E-state index contributed by atoms with van der Waals surface area (Å²) in [6.07, 6.45) is 3.89. The van der Waals surface area contributed by atoms with E-state index in [1.54, 1.807) is 4.90 Å². The highest BCUT2D eigenvalue weighted by Crippen LogP contribution is 2.32. The molecule has 1 N–H and O–H groups in total. The molecule has 70 valence electrons. The molecule has 2 aromatic rings. The minimum atomic E-state index is 0.785. The summed E-state index contributed by atoms with van der Waals surface area (Å²) in [6, 6.07) is 6.00. The Kier molecular flexibility index (Phi) is 1.42. The van der Waals surface area contributed by atoms with Gasteiger partial charge in [0.25, 0.3) is 0 Å². The number of aromatic nitrogens is 1. The van der Waals surface area contributed by atoms with Crippen molar-refractivity contribution in [2.75, 3.05) is 11.4 Å². The number of rotatable bonds is 1. The zero-order chi connectivity index (χ0) is 9.54. The van der Waals surface area contributed by atoms with Crippen molar-refractivity contribution in [1.82, 2.24) is 4.98 Å². The molecule has 3 nitrogen and oxygen atoms in total. The van der Waals surface area contributed by atoms with Crippen LogP contribution in [0.4, 0.5) is 5.69 Å². The molecule has 1 aliphatic rings. The third-order valence-electron chi connectivity index (χ3n) is 2.82. The SMILES string of the molecule is O=CN1CCc2c[nH]c3cccc1c23. The van der Waals surface area contributed by atoms with Crippen molar-refractivity contribution in [3.05, 3.63) is 30.0 Å². The number of carbonyl (C=O) groups is 1. The van der Waals surface area contributed by atoms with E-state index >= 15 is 0 Å². The largest absolute Gasteiger partial charge is 0.361 e. The predicted molar refractivity (Wildman–Crippen MR) is 55.4 cm³/mol. The van der Waals surface area contributed by atoms with Gasteiger partial charge in [0.1, 0.15) is 0 Å². The van der Waals surface area contributed by atoms with Gasteiger partial charge in [0.2, 0.25) is 6.41 Å². The highest BCUT2D eigenvalue weighted by atomic mass is 16.1. The number of hydrogen-bond donors (Lipinski definition) is 1. The lowest BCUT2D eigenvalue weighted by atomic mass is 10.0. The minimum Gasteiger partial charge on any atom is -0.361 e. The molecule has 0 atom stereocenters. The zero-order valence-corrected chi connectivity index (χ0v) is 7.66. The van der Waals surface area contributed by atoms with E-state index in [1.165, 1.54) is 10.9 Å². The maximum atomic E-state index is 10.8. The number of nitrogens with one attached hydrogen (secondary N) is 1. The lowest BCUT2D eigenvalue weighted by molar-refractivity contribution is -0.107. The summed E-state index contributed by atoms with van der Waals surface area (Å²) in [5, 5.41) is 1.20. The molecule has 0 saturated heterocycles. The quantitative estimate of drug-likeness (QED) is 0.676. The van der Waals surface area contributed by atoms with E-state index in [2.05, 4.69) is 4.98 Å². The van der Waals surface area contributed by atoms with Gasteiger partial charge in [0.05, 0.1) is 5.69 Å². The predicted octanol–water partition coefficient (Wildman–Crippen LogP) is 1.69. The van der Waals surface area contributed by atoms with Crippen molar-refractivity contribution in [2.45, 2.75) is 6.42 Å². The molecule has 0 unspecified atom stereocenters. The number of H-pyrrole nitrogens is 1. The average Bonchev–Trinajstić information content (AvgIpc) is 2.65. The molecule has 1 aliphatic heterocycles. The van der Waals surface area contributed by atoms with Gasteiger partial charge in [0.15, 0.2) is 0 Å². The van der Waals surface area contributed by atoms with Gasteiger partial charge in [-0.1, -0.05) is 6.07 Å². The number of aromatic amines is 1. The van der Waals surface area contributed by atoms with Gasteiger partial charge in [0, 0.05) is 23.6 Å². The first-order valence-electron chi connectivity index (χ1n) is 4.71. The second kappa shape index (κ2) is 2.61. The summed E-state index contributed by atoms with van der Waals surface area (Å²) >= 11 is 0. The van der Waals surface area contributed by atoms with Crippen molar-refractivity contribution < 1.29 is 4.79 Å². The summed E-state index contributed by atoms with van der Waals surface area (Å²) < 4.78 is 0. The summed E-state index contributed by atoms with van der Waals surface area (Å²) in [6.45, 7) is 0.785. The zero-order valence-electron chi connectivity index (χ0n) is 7.66. The summed E-state index contributed by atoms with van der Waals surface area (Å²) in [4.78, 5) is 15.8. The standard InChI is InChI=1S/C11H10N2O/c14-7-13-5-4-8-6-12-9-2-1-3-10(13)11(8)9/h1-3,6-7,12H,4-5H2. The van der Waals surface area contributed by atoms with Crippen LogP contribution in [0, 0.1) is 0 Å². The van der Waals surface area contributed by atoms with E-state index in [4.69, 9.17) is 0 Å². The van der Waals surface area contributed by atoms with E-state index in [9.17, 15) is 4.79 Å². The molecule has 0 spiro atoms. The molecular weight excluding hydrogens is 176 g/mol. The fraction of sp³-hybridized carbons (Fsp3) is 0.182. The van der Waals surface area contributed by atoms with Crippen LogP contribution in [0.2, 0.25) is 0 Å². The van der Waals surface area contributed by atoms with Crippen LogP contribution in [0.1, 0.15) is 5.56 Å². The fourth-order valence-electron chi connectivity index (χ4n) is 2.14. The average molecular weight is 186 g/mol. The Morgan fingerprint density at radius 3 is 3.21 bits per heavy atom. The van der Waals surface area contributed by atoms with Gasteiger partial charge >= 0.3 is 0 Å². The summed E-state index contributed by atoms with van der Waals surface area (Å²) in [5.41, 5.74) is 3.46. The van der Waals surface area contributed by atoms with Crippen LogP contribution in [0.25, 0.3) is 10.9 Å². The van der Waals surface area contributed by atoms with E-state index in [1.807, 2.05) is 24.4 Å². The Bertz CT molecular complexity index is 501. The van der Waals surface area contributed by atoms with Crippen LogP contribution in [-0.4, -0.2) is 17.9 Å². The fourth-order valence-corrected chi connectivity index (χ4v) is 2.14. The third kappa shape index (κ3) is 0.839. The molecule has 0 fully saturated rings. The number of benzene rings is 1.